The Morgan fingerprint density at radius 3 is 3.10 bits per heavy atom. The number of rotatable bonds is 0. The molecule has 0 saturated heterocycles. The summed E-state index contributed by atoms with van der Waals surface area (Å²) in [4.78, 5) is 7.70. The van der Waals surface area contributed by atoms with Crippen molar-refractivity contribution in [3.8, 4) is 0 Å². The smallest absolute Gasteiger partial charge is 0.183 e. The van der Waals surface area contributed by atoms with Crippen LogP contribution in [0, 0.1) is 0 Å². The van der Waals surface area contributed by atoms with Gasteiger partial charge in [0.15, 0.2) is 5.65 Å². The summed E-state index contributed by atoms with van der Waals surface area (Å²) >= 11 is 0. The minimum atomic E-state index is 0. The average molecular weight is 137 g/mol. The van der Waals surface area contributed by atoms with E-state index in [1.165, 1.54) is 6.33 Å². The van der Waals surface area contributed by atoms with Crippen molar-refractivity contribution >= 4 is 11.0 Å². The number of aromatic amines is 1. The van der Waals surface area contributed by atoms with E-state index in [2.05, 4.69) is 20.2 Å². The first kappa shape index (κ1) is 6.63. The van der Waals surface area contributed by atoms with Crippen molar-refractivity contribution in [1.82, 2.24) is 26.3 Å². The predicted octanol–water partition coefficient (Wildman–Crippen LogP) is 0.515. The first-order chi connectivity index (χ1) is 4.47. The van der Waals surface area contributed by atoms with Gasteiger partial charge in [-0.2, -0.15) is 5.10 Å². The normalized spacial score (nSPS) is 9.20. The lowest BCUT2D eigenvalue weighted by Crippen LogP contribution is -1.75. The lowest BCUT2D eigenvalue weighted by Gasteiger charge is -1.79. The molecular formula is C5H7N5. The van der Waals surface area contributed by atoms with Crippen molar-refractivity contribution in [3.63, 3.8) is 0 Å². The maximum atomic E-state index is 3.89. The van der Waals surface area contributed by atoms with Crippen molar-refractivity contribution in [2.75, 3.05) is 0 Å². The van der Waals surface area contributed by atoms with Gasteiger partial charge in [0.05, 0.1) is 5.39 Å². The van der Waals surface area contributed by atoms with Crippen LogP contribution in [0.4, 0.5) is 0 Å². The summed E-state index contributed by atoms with van der Waals surface area (Å²) in [6.45, 7) is 0. The topological polar surface area (TPSA) is 89.5 Å². The van der Waals surface area contributed by atoms with Crippen LogP contribution in [-0.4, -0.2) is 20.2 Å². The first-order valence-electron chi connectivity index (χ1n) is 2.56. The molecule has 0 unspecified atom stereocenters. The van der Waals surface area contributed by atoms with Crippen LogP contribution in [0.1, 0.15) is 0 Å². The minimum absolute atomic E-state index is 0. The second-order valence-electron chi connectivity index (χ2n) is 1.69. The molecule has 0 aliphatic carbocycles. The molecule has 0 aliphatic rings. The maximum Gasteiger partial charge on any atom is 0.183 e. The van der Waals surface area contributed by atoms with E-state index in [9.17, 15) is 0 Å². The molecular weight excluding hydrogens is 130 g/mol. The Morgan fingerprint density at radius 2 is 2.30 bits per heavy atom. The van der Waals surface area contributed by atoms with E-state index in [1.54, 1.807) is 12.4 Å². The number of hydrogen-bond donors (Lipinski definition) is 2. The SMILES string of the molecule is N.c1ncc2c[nH]nc2n1. The van der Waals surface area contributed by atoms with E-state index in [-0.39, 0.29) is 6.15 Å². The highest BCUT2D eigenvalue weighted by Gasteiger charge is 1.91. The van der Waals surface area contributed by atoms with E-state index >= 15 is 0 Å². The lowest BCUT2D eigenvalue weighted by atomic mass is 10.5. The highest BCUT2D eigenvalue weighted by atomic mass is 15.1. The van der Waals surface area contributed by atoms with Crippen LogP contribution < -0.4 is 6.15 Å². The summed E-state index contributed by atoms with van der Waals surface area (Å²) in [6, 6.07) is 0. The molecule has 0 saturated carbocycles. The molecule has 0 aliphatic heterocycles. The summed E-state index contributed by atoms with van der Waals surface area (Å²) in [5.74, 6) is 0. The molecule has 2 aromatic rings. The number of nitrogens with zero attached hydrogens (tertiary/aromatic N) is 3. The molecule has 2 aromatic heterocycles. The molecule has 4 N–H and O–H groups in total. The maximum absolute atomic E-state index is 3.89. The van der Waals surface area contributed by atoms with Crippen molar-refractivity contribution in [1.29, 1.82) is 0 Å². The number of hydrogen-bond acceptors (Lipinski definition) is 4. The summed E-state index contributed by atoms with van der Waals surface area (Å²) in [7, 11) is 0. The Morgan fingerprint density at radius 1 is 1.40 bits per heavy atom. The van der Waals surface area contributed by atoms with Crippen LogP contribution in [0.3, 0.4) is 0 Å². The van der Waals surface area contributed by atoms with Gasteiger partial charge in [-0.3, -0.25) is 5.10 Å². The van der Waals surface area contributed by atoms with E-state index in [1.807, 2.05) is 0 Å². The van der Waals surface area contributed by atoms with E-state index in [0.29, 0.717) is 5.65 Å². The van der Waals surface area contributed by atoms with Gasteiger partial charge in [0.25, 0.3) is 0 Å². The Hall–Kier alpha value is -1.49. The van der Waals surface area contributed by atoms with Gasteiger partial charge in [-0.15, -0.1) is 0 Å². The Labute approximate surface area is 57.1 Å². The van der Waals surface area contributed by atoms with Crippen LogP contribution in [0.15, 0.2) is 18.7 Å². The molecule has 10 heavy (non-hydrogen) atoms. The van der Waals surface area contributed by atoms with Crippen LogP contribution in [0.25, 0.3) is 11.0 Å². The molecule has 0 aromatic carbocycles. The Bertz CT molecular complexity index is 284. The zero-order chi connectivity index (χ0) is 6.10. The molecule has 2 heterocycles. The van der Waals surface area contributed by atoms with E-state index < -0.39 is 0 Å². The molecule has 0 amide bonds. The Kier molecular flexibility index (Phi) is 1.59. The molecule has 52 valence electrons. The summed E-state index contributed by atoms with van der Waals surface area (Å²) in [5.41, 5.74) is 0.713. The summed E-state index contributed by atoms with van der Waals surface area (Å²) in [6.07, 6.45) is 4.95. The molecule has 5 nitrogen and oxygen atoms in total. The van der Waals surface area contributed by atoms with Crippen LogP contribution in [-0.2, 0) is 0 Å². The highest BCUT2D eigenvalue weighted by Crippen LogP contribution is 2.01. The standard InChI is InChI=1S/C5H4N4.H3N/c1-4-2-8-9-5(4)7-3-6-1;/h1-3H,(H,6,7,8,9);1H3. The quantitative estimate of drug-likeness (QED) is 0.553. The van der Waals surface area contributed by atoms with Gasteiger partial charge in [-0.05, 0) is 0 Å². The van der Waals surface area contributed by atoms with Crippen LogP contribution in [0.2, 0.25) is 0 Å². The van der Waals surface area contributed by atoms with Gasteiger partial charge in [-0.1, -0.05) is 0 Å². The number of H-pyrrole nitrogens is 1. The predicted molar refractivity (Wildman–Crippen MR) is 36.7 cm³/mol. The first-order valence-corrected chi connectivity index (χ1v) is 2.56. The van der Waals surface area contributed by atoms with Crippen LogP contribution >= 0.6 is 0 Å². The fourth-order valence-corrected chi connectivity index (χ4v) is 0.692. The van der Waals surface area contributed by atoms with Crippen molar-refractivity contribution in [2.45, 2.75) is 0 Å². The van der Waals surface area contributed by atoms with E-state index in [4.69, 9.17) is 0 Å². The van der Waals surface area contributed by atoms with Crippen molar-refractivity contribution < 1.29 is 0 Å². The molecule has 0 bridgehead atoms. The van der Waals surface area contributed by atoms with Crippen molar-refractivity contribution in [3.05, 3.63) is 18.7 Å². The largest absolute Gasteiger partial charge is 0.344 e. The number of fused-ring (bicyclic) bond motifs is 1. The van der Waals surface area contributed by atoms with Gasteiger partial charge in [0, 0.05) is 12.4 Å². The van der Waals surface area contributed by atoms with Gasteiger partial charge in [0.1, 0.15) is 6.33 Å². The molecule has 5 heteroatoms. The minimum Gasteiger partial charge on any atom is -0.344 e. The summed E-state index contributed by atoms with van der Waals surface area (Å²) in [5, 5.41) is 7.47. The zero-order valence-electron chi connectivity index (χ0n) is 5.28. The third-order valence-electron chi connectivity index (χ3n) is 1.11. The van der Waals surface area contributed by atoms with Crippen molar-refractivity contribution in [2.24, 2.45) is 0 Å². The fourth-order valence-electron chi connectivity index (χ4n) is 0.692. The fraction of sp³-hybridized carbons (Fsp3) is 0. The molecule has 0 atom stereocenters. The third-order valence-corrected chi connectivity index (χ3v) is 1.11. The van der Waals surface area contributed by atoms with E-state index in [0.717, 1.165) is 5.39 Å². The van der Waals surface area contributed by atoms with Gasteiger partial charge >= 0.3 is 0 Å². The second-order valence-corrected chi connectivity index (χ2v) is 1.69. The monoisotopic (exact) mass is 137 g/mol. The molecule has 0 radical (unpaired) electrons. The van der Waals surface area contributed by atoms with Gasteiger partial charge in [0.2, 0.25) is 0 Å². The molecule has 0 fully saturated rings. The number of aromatic nitrogens is 4. The average Bonchev–Trinajstić information content (AvgIpc) is 2.33. The zero-order valence-corrected chi connectivity index (χ0v) is 5.28. The summed E-state index contributed by atoms with van der Waals surface area (Å²) < 4.78 is 0. The lowest BCUT2D eigenvalue weighted by molar-refractivity contribution is 1.09. The van der Waals surface area contributed by atoms with Gasteiger partial charge in [-0.25, -0.2) is 9.97 Å². The third kappa shape index (κ3) is 0.822. The molecule has 0 spiro atoms. The highest BCUT2D eigenvalue weighted by molar-refractivity contribution is 5.71. The second kappa shape index (κ2) is 2.40. The Balaban J connectivity index is 0.000000500. The van der Waals surface area contributed by atoms with Gasteiger partial charge < -0.3 is 6.15 Å². The van der Waals surface area contributed by atoms with Crippen LogP contribution in [0.5, 0.6) is 0 Å². The molecule has 2 rings (SSSR count). The number of nitrogens with one attached hydrogen (secondary N) is 1.